The minimum atomic E-state index is -0.497. The van der Waals surface area contributed by atoms with Gasteiger partial charge in [0.25, 0.3) is 5.89 Å². The molecule has 0 amide bonds. The van der Waals surface area contributed by atoms with E-state index in [2.05, 4.69) is 10.1 Å². The van der Waals surface area contributed by atoms with E-state index < -0.39 is 5.82 Å². The number of nitrogen functional groups attached to an aromatic ring is 1. The zero-order valence-corrected chi connectivity index (χ0v) is 12.0. The molecule has 0 aliphatic rings. The Morgan fingerprint density at radius 2 is 1.76 bits per heavy atom. The summed E-state index contributed by atoms with van der Waals surface area (Å²) in [5.74, 6) is -0.203. The first kappa shape index (κ1) is 13.9. The second-order valence-corrected chi connectivity index (χ2v) is 5.19. The van der Waals surface area contributed by atoms with Crippen molar-refractivity contribution in [1.82, 2.24) is 10.1 Å². The number of hydrogen-bond donors (Lipinski definition) is 1. The van der Waals surface area contributed by atoms with Crippen LogP contribution in [-0.4, -0.2) is 10.1 Å². The van der Waals surface area contributed by atoms with Crippen molar-refractivity contribution in [1.29, 1.82) is 0 Å². The summed E-state index contributed by atoms with van der Waals surface area (Å²) in [6.45, 7) is 0. The van der Waals surface area contributed by atoms with Gasteiger partial charge < -0.3 is 10.3 Å². The van der Waals surface area contributed by atoms with E-state index >= 15 is 0 Å². The van der Waals surface area contributed by atoms with E-state index in [9.17, 15) is 4.39 Å². The van der Waals surface area contributed by atoms with E-state index in [0.29, 0.717) is 21.3 Å². The topological polar surface area (TPSA) is 64.9 Å². The number of nitrogens with two attached hydrogens (primary N) is 1. The number of rotatable bonds is 2. The highest BCUT2D eigenvalue weighted by atomic mass is 35.5. The number of benzene rings is 2. The van der Waals surface area contributed by atoms with Gasteiger partial charge in [-0.05, 0) is 36.4 Å². The van der Waals surface area contributed by atoms with E-state index in [0.717, 1.165) is 0 Å². The molecule has 0 fully saturated rings. The molecule has 3 aromatic rings. The molecule has 4 nitrogen and oxygen atoms in total. The molecule has 1 aromatic heterocycles. The van der Waals surface area contributed by atoms with Crippen molar-refractivity contribution in [3.63, 3.8) is 0 Å². The maximum absolute atomic E-state index is 13.8. The van der Waals surface area contributed by atoms with Gasteiger partial charge in [0.05, 0.1) is 5.56 Å². The van der Waals surface area contributed by atoms with Crippen LogP contribution in [0.2, 0.25) is 10.0 Å². The molecule has 0 spiro atoms. The monoisotopic (exact) mass is 323 g/mol. The molecule has 1 heterocycles. The minimum Gasteiger partial charge on any atom is -0.399 e. The number of nitrogens with zero attached hydrogens (tertiary/aromatic N) is 2. The van der Waals surface area contributed by atoms with E-state index in [1.165, 1.54) is 18.2 Å². The first-order valence-corrected chi connectivity index (χ1v) is 6.64. The van der Waals surface area contributed by atoms with Gasteiger partial charge in [0.15, 0.2) is 0 Å². The highest BCUT2D eigenvalue weighted by Crippen LogP contribution is 2.29. The quantitative estimate of drug-likeness (QED) is 0.708. The van der Waals surface area contributed by atoms with Crippen LogP contribution < -0.4 is 5.73 Å². The average molecular weight is 324 g/mol. The lowest BCUT2D eigenvalue weighted by Gasteiger charge is -1.99. The molecule has 0 bridgehead atoms. The van der Waals surface area contributed by atoms with Crippen LogP contribution in [0.5, 0.6) is 0 Å². The second kappa shape index (κ2) is 5.35. The Balaban J connectivity index is 2.05. The lowest BCUT2D eigenvalue weighted by Crippen LogP contribution is -1.89. The molecule has 0 saturated heterocycles. The van der Waals surface area contributed by atoms with Crippen molar-refractivity contribution in [2.45, 2.75) is 0 Å². The van der Waals surface area contributed by atoms with Crippen molar-refractivity contribution >= 4 is 28.9 Å². The van der Waals surface area contributed by atoms with Crippen molar-refractivity contribution in [2.75, 3.05) is 5.73 Å². The Morgan fingerprint density at radius 1 is 1.05 bits per heavy atom. The Hall–Kier alpha value is -2.11. The Bertz CT molecular complexity index is 799. The predicted molar refractivity (Wildman–Crippen MR) is 79.6 cm³/mol. The van der Waals surface area contributed by atoms with Gasteiger partial charge in [-0.25, -0.2) is 4.39 Å². The van der Waals surface area contributed by atoms with Crippen LogP contribution in [0.3, 0.4) is 0 Å². The van der Waals surface area contributed by atoms with Crippen LogP contribution in [0.4, 0.5) is 10.1 Å². The van der Waals surface area contributed by atoms with Gasteiger partial charge in [0, 0.05) is 21.3 Å². The smallest absolute Gasteiger partial charge is 0.261 e. The van der Waals surface area contributed by atoms with Gasteiger partial charge >= 0.3 is 0 Å². The van der Waals surface area contributed by atoms with Gasteiger partial charge in [-0.15, -0.1) is 0 Å². The Kier molecular flexibility index (Phi) is 3.53. The summed E-state index contributed by atoms with van der Waals surface area (Å²) in [6.07, 6.45) is 0. The summed E-state index contributed by atoms with van der Waals surface area (Å²) in [6, 6.07) is 8.98. The summed E-state index contributed by atoms with van der Waals surface area (Å²) in [7, 11) is 0. The van der Waals surface area contributed by atoms with E-state index in [4.69, 9.17) is 33.5 Å². The molecule has 0 saturated carbocycles. The first-order valence-electron chi connectivity index (χ1n) is 5.88. The van der Waals surface area contributed by atoms with E-state index in [1.807, 2.05) is 0 Å². The molecule has 106 valence electrons. The summed E-state index contributed by atoms with van der Waals surface area (Å²) < 4.78 is 18.8. The maximum Gasteiger partial charge on any atom is 0.261 e. The largest absolute Gasteiger partial charge is 0.399 e. The fourth-order valence-electron chi connectivity index (χ4n) is 1.84. The van der Waals surface area contributed by atoms with Gasteiger partial charge in [0.2, 0.25) is 5.82 Å². The molecular weight excluding hydrogens is 316 g/mol. The Morgan fingerprint density at radius 3 is 2.48 bits per heavy atom. The molecule has 0 aliphatic heterocycles. The number of aromatic nitrogens is 2. The van der Waals surface area contributed by atoms with Gasteiger partial charge in [-0.3, -0.25) is 0 Å². The molecule has 2 N–H and O–H groups in total. The van der Waals surface area contributed by atoms with Gasteiger partial charge in [0.1, 0.15) is 5.82 Å². The Labute approximate surface area is 129 Å². The van der Waals surface area contributed by atoms with Crippen LogP contribution in [0.15, 0.2) is 40.9 Å². The molecular formula is C14H8Cl2FN3O. The molecule has 21 heavy (non-hydrogen) atoms. The third kappa shape index (κ3) is 2.84. The summed E-state index contributed by atoms with van der Waals surface area (Å²) in [5, 5.41) is 4.69. The van der Waals surface area contributed by atoms with Crippen molar-refractivity contribution in [3.05, 3.63) is 52.3 Å². The molecule has 3 rings (SSSR count). The summed E-state index contributed by atoms with van der Waals surface area (Å²) in [5.41, 5.74) is 6.75. The third-order valence-corrected chi connectivity index (χ3v) is 3.20. The van der Waals surface area contributed by atoms with E-state index in [-0.39, 0.29) is 17.3 Å². The maximum atomic E-state index is 13.8. The summed E-state index contributed by atoms with van der Waals surface area (Å²) >= 11 is 11.8. The SMILES string of the molecule is Nc1ccc(F)c(-c2nc(-c3cc(Cl)cc(Cl)c3)no2)c1. The third-order valence-electron chi connectivity index (χ3n) is 2.77. The summed E-state index contributed by atoms with van der Waals surface area (Å²) in [4.78, 5) is 4.14. The fraction of sp³-hybridized carbons (Fsp3) is 0. The fourth-order valence-corrected chi connectivity index (χ4v) is 2.37. The second-order valence-electron chi connectivity index (χ2n) is 4.32. The number of hydrogen-bond acceptors (Lipinski definition) is 4. The molecule has 0 radical (unpaired) electrons. The average Bonchev–Trinajstić information content (AvgIpc) is 2.90. The van der Waals surface area contributed by atoms with Crippen molar-refractivity contribution in [2.24, 2.45) is 0 Å². The van der Waals surface area contributed by atoms with Crippen LogP contribution in [0, 0.1) is 5.82 Å². The zero-order chi connectivity index (χ0) is 15.0. The number of halogens is 3. The number of anilines is 1. The molecule has 2 aromatic carbocycles. The molecule has 0 atom stereocenters. The van der Waals surface area contributed by atoms with Crippen LogP contribution in [-0.2, 0) is 0 Å². The normalized spacial score (nSPS) is 10.8. The molecule has 7 heteroatoms. The lowest BCUT2D eigenvalue weighted by atomic mass is 10.2. The van der Waals surface area contributed by atoms with Gasteiger partial charge in [-0.1, -0.05) is 28.4 Å². The minimum absolute atomic E-state index is 0.0332. The first-order chi connectivity index (χ1) is 10.0. The van der Waals surface area contributed by atoms with Crippen molar-refractivity contribution < 1.29 is 8.91 Å². The molecule has 0 unspecified atom stereocenters. The van der Waals surface area contributed by atoms with Crippen LogP contribution >= 0.6 is 23.2 Å². The zero-order valence-electron chi connectivity index (χ0n) is 10.5. The predicted octanol–water partition coefficient (Wildman–Crippen LogP) is 4.43. The van der Waals surface area contributed by atoms with Gasteiger partial charge in [-0.2, -0.15) is 4.98 Å². The van der Waals surface area contributed by atoms with Crippen LogP contribution in [0.25, 0.3) is 22.8 Å². The van der Waals surface area contributed by atoms with Crippen LogP contribution in [0.1, 0.15) is 0 Å². The lowest BCUT2D eigenvalue weighted by molar-refractivity contribution is 0.429. The standard InChI is InChI=1S/C14H8Cl2FN3O/c15-8-3-7(4-9(16)5-8)13-19-14(21-20-13)11-6-10(18)1-2-12(11)17/h1-6H,18H2. The van der Waals surface area contributed by atoms with Crippen molar-refractivity contribution in [3.8, 4) is 22.8 Å². The van der Waals surface area contributed by atoms with E-state index in [1.54, 1.807) is 18.2 Å². The highest BCUT2D eigenvalue weighted by Gasteiger charge is 2.15. The molecule has 0 aliphatic carbocycles. The highest BCUT2D eigenvalue weighted by molar-refractivity contribution is 6.35.